The first kappa shape index (κ1) is 13.7. The summed E-state index contributed by atoms with van der Waals surface area (Å²) in [6.45, 7) is 4.70. The molecule has 1 aliphatic heterocycles. The van der Waals surface area contributed by atoms with E-state index >= 15 is 0 Å². The number of nitrogens with zero attached hydrogens (tertiary/aromatic N) is 3. The Morgan fingerprint density at radius 1 is 1.63 bits per heavy atom. The number of anilines is 1. The Balaban J connectivity index is 2.15. The highest BCUT2D eigenvalue weighted by Crippen LogP contribution is 2.25. The lowest BCUT2D eigenvalue weighted by molar-refractivity contribution is 0.0586. The van der Waals surface area contributed by atoms with E-state index in [4.69, 9.17) is 5.73 Å². The van der Waals surface area contributed by atoms with Crippen LogP contribution in [0, 0.1) is 11.8 Å². The first-order valence-electron chi connectivity index (χ1n) is 6.52. The fourth-order valence-corrected chi connectivity index (χ4v) is 2.38. The van der Waals surface area contributed by atoms with E-state index in [0.29, 0.717) is 18.4 Å². The number of rotatable bonds is 3. The molecule has 1 aromatic heterocycles. The molecule has 2 rings (SSSR count). The van der Waals surface area contributed by atoms with Gasteiger partial charge in [-0.25, -0.2) is 14.8 Å². The molecule has 1 saturated heterocycles. The molecule has 1 fully saturated rings. The van der Waals surface area contributed by atoms with E-state index in [-0.39, 0.29) is 5.82 Å². The van der Waals surface area contributed by atoms with Gasteiger partial charge >= 0.3 is 5.97 Å². The summed E-state index contributed by atoms with van der Waals surface area (Å²) in [5.74, 6) is 1.44. The highest BCUT2D eigenvalue weighted by molar-refractivity contribution is 5.85. The molecule has 0 spiro atoms. The van der Waals surface area contributed by atoms with Crippen LogP contribution in [0.15, 0.2) is 12.3 Å². The van der Waals surface area contributed by atoms with Gasteiger partial charge < -0.3 is 15.4 Å². The van der Waals surface area contributed by atoms with E-state index in [1.165, 1.54) is 7.11 Å². The number of carbonyl (C=O) groups is 1. The molecular weight excluding hydrogens is 244 g/mol. The maximum atomic E-state index is 11.4. The molecule has 0 bridgehead atoms. The second-order valence-electron chi connectivity index (χ2n) is 4.94. The van der Waals surface area contributed by atoms with Crippen LogP contribution >= 0.6 is 0 Å². The van der Waals surface area contributed by atoms with Gasteiger partial charge in [-0.15, -0.1) is 0 Å². The Bertz CT molecular complexity index is 452. The average Bonchev–Trinajstić information content (AvgIpc) is 2.47. The second kappa shape index (κ2) is 5.97. The molecular formula is C13H20N4O2. The van der Waals surface area contributed by atoms with Gasteiger partial charge in [-0.2, -0.15) is 0 Å². The molecule has 0 saturated carbocycles. The van der Waals surface area contributed by atoms with E-state index in [9.17, 15) is 4.79 Å². The number of aromatic nitrogens is 2. The van der Waals surface area contributed by atoms with Crippen molar-refractivity contribution in [2.24, 2.45) is 17.6 Å². The summed E-state index contributed by atoms with van der Waals surface area (Å²) in [4.78, 5) is 21.8. The quantitative estimate of drug-likeness (QED) is 0.809. The number of ether oxygens (including phenoxy) is 1. The third-order valence-electron chi connectivity index (χ3n) is 3.75. The average molecular weight is 264 g/mol. The van der Waals surface area contributed by atoms with Crippen LogP contribution in [0.1, 0.15) is 24.0 Å². The minimum atomic E-state index is -0.511. The van der Waals surface area contributed by atoms with E-state index in [0.717, 1.165) is 25.3 Å². The van der Waals surface area contributed by atoms with Gasteiger partial charge in [-0.3, -0.25) is 0 Å². The van der Waals surface area contributed by atoms with E-state index in [1.807, 2.05) is 6.07 Å². The van der Waals surface area contributed by atoms with Gasteiger partial charge in [0, 0.05) is 19.3 Å². The minimum Gasteiger partial charge on any atom is -0.463 e. The van der Waals surface area contributed by atoms with Gasteiger partial charge in [0.2, 0.25) is 5.82 Å². The largest absolute Gasteiger partial charge is 0.463 e. The first-order valence-corrected chi connectivity index (χ1v) is 6.52. The van der Waals surface area contributed by atoms with Crippen molar-refractivity contribution in [1.29, 1.82) is 0 Å². The van der Waals surface area contributed by atoms with Gasteiger partial charge in [0.05, 0.1) is 7.11 Å². The molecule has 0 aromatic carbocycles. The zero-order chi connectivity index (χ0) is 13.8. The van der Waals surface area contributed by atoms with Crippen LogP contribution in [0.2, 0.25) is 0 Å². The highest BCUT2D eigenvalue weighted by atomic mass is 16.5. The molecule has 2 N–H and O–H groups in total. The minimum absolute atomic E-state index is 0.0999. The van der Waals surface area contributed by atoms with Crippen molar-refractivity contribution in [3.05, 3.63) is 18.1 Å². The number of hydrogen-bond donors (Lipinski definition) is 1. The predicted octanol–water partition coefficient (Wildman–Crippen LogP) is 0.684. The number of nitrogens with two attached hydrogens (primary N) is 1. The lowest BCUT2D eigenvalue weighted by Crippen LogP contribution is -2.43. The Hall–Kier alpha value is -1.69. The molecule has 0 radical (unpaired) electrons. The van der Waals surface area contributed by atoms with Crippen LogP contribution in [0.3, 0.4) is 0 Å². The van der Waals surface area contributed by atoms with Gasteiger partial charge in [-0.05, 0) is 30.9 Å². The lowest BCUT2D eigenvalue weighted by atomic mass is 9.87. The van der Waals surface area contributed by atoms with Crippen LogP contribution in [-0.4, -0.2) is 42.7 Å². The van der Waals surface area contributed by atoms with Gasteiger partial charge in [0.15, 0.2) is 0 Å². The lowest BCUT2D eigenvalue weighted by Gasteiger charge is -2.37. The fourth-order valence-electron chi connectivity index (χ4n) is 2.38. The molecule has 2 unspecified atom stereocenters. The summed E-state index contributed by atoms with van der Waals surface area (Å²) in [5.41, 5.74) is 5.80. The standard InChI is InChI=1S/C13H20N4O2/c1-9-4-6-17(8-10(9)7-14)11-3-5-15-12(16-11)13(18)19-2/h3,5,9-10H,4,6-8,14H2,1-2H3. The van der Waals surface area contributed by atoms with Crippen molar-refractivity contribution in [2.75, 3.05) is 31.6 Å². The number of hydrogen-bond acceptors (Lipinski definition) is 6. The van der Waals surface area contributed by atoms with Crippen molar-refractivity contribution >= 4 is 11.8 Å². The third kappa shape index (κ3) is 3.01. The zero-order valence-corrected chi connectivity index (χ0v) is 11.4. The van der Waals surface area contributed by atoms with Crippen LogP contribution in [0.25, 0.3) is 0 Å². The summed E-state index contributed by atoms with van der Waals surface area (Å²) in [6, 6.07) is 1.82. The smallest absolute Gasteiger partial charge is 0.376 e. The fraction of sp³-hybridized carbons (Fsp3) is 0.615. The number of piperidine rings is 1. The molecule has 2 atom stereocenters. The van der Waals surface area contributed by atoms with Crippen molar-refractivity contribution in [2.45, 2.75) is 13.3 Å². The summed E-state index contributed by atoms with van der Waals surface area (Å²) < 4.78 is 4.64. The molecule has 1 aliphatic rings. The SMILES string of the molecule is COC(=O)c1nccc(N2CCC(C)C(CN)C2)n1. The molecule has 6 heteroatoms. The first-order chi connectivity index (χ1) is 9.15. The summed E-state index contributed by atoms with van der Waals surface area (Å²) in [6.07, 6.45) is 2.67. The summed E-state index contributed by atoms with van der Waals surface area (Å²) >= 11 is 0. The molecule has 0 aliphatic carbocycles. The van der Waals surface area contributed by atoms with Crippen LogP contribution in [0.4, 0.5) is 5.82 Å². The zero-order valence-electron chi connectivity index (χ0n) is 11.4. The normalized spacial score (nSPS) is 23.2. The monoisotopic (exact) mass is 264 g/mol. The maximum absolute atomic E-state index is 11.4. The van der Waals surface area contributed by atoms with E-state index in [1.54, 1.807) is 6.20 Å². The topological polar surface area (TPSA) is 81.3 Å². The van der Waals surface area contributed by atoms with Gasteiger partial charge in [0.25, 0.3) is 0 Å². The Kier molecular flexibility index (Phi) is 4.31. The van der Waals surface area contributed by atoms with Crippen LogP contribution in [0.5, 0.6) is 0 Å². The number of methoxy groups -OCH3 is 1. The van der Waals surface area contributed by atoms with Crippen molar-refractivity contribution in [3.8, 4) is 0 Å². The van der Waals surface area contributed by atoms with Crippen molar-refractivity contribution < 1.29 is 9.53 Å². The highest BCUT2D eigenvalue weighted by Gasteiger charge is 2.26. The third-order valence-corrected chi connectivity index (χ3v) is 3.75. The number of esters is 1. The second-order valence-corrected chi connectivity index (χ2v) is 4.94. The number of carbonyl (C=O) groups excluding carboxylic acids is 1. The van der Waals surface area contributed by atoms with Gasteiger partial charge in [0.1, 0.15) is 5.82 Å². The summed E-state index contributed by atoms with van der Waals surface area (Å²) in [5, 5.41) is 0. The van der Waals surface area contributed by atoms with Crippen molar-refractivity contribution in [1.82, 2.24) is 9.97 Å². The van der Waals surface area contributed by atoms with Crippen LogP contribution in [-0.2, 0) is 4.74 Å². The van der Waals surface area contributed by atoms with Crippen molar-refractivity contribution in [3.63, 3.8) is 0 Å². The summed E-state index contributed by atoms with van der Waals surface area (Å²) in [7, 11) is 1.32. The molecule has 0 amide bonds. The molecule has 6 nitrogen and oxygen atoms in total. The van der Waals surface area contributed by atoms with E-state index < -0.39 is 5.97 Å². The molecule has 1 aromatic rings. The van der Waals surface area contributed by atoms with Gasteiger partial charge in [-0.1, -0.05) is 6.92 Å². The molecule has 2 heterocycles. The van der Waals surface area contributed by atoms with E-state index in [2.05, 4.69) is 26.5 Å². The van der Waals surface area contributed by atoms with Crippen LogP contribution < -0.4 is 10.6 Å². The predicted molar refractivity (Wildman–Crippen MR) is 71.9 cm³/mol. The Morgan fingerprint density at radius 2 is 2.42 bits per heavy atom. The Labute approximate surface area is 113 Å². The molecule has 19 heavy (non-hydrogen) atoms. The molecule has 104 valence electrons. The maximum Gasteiger partial charge on any atom is 0.376 e. The Morgan fingerprint density at radius 3 is 3.11 bits per heavy atom.